The predicted octanol–water partition coefficient (Wildman–Crippen LogP) is 1.23. The molecule has 1 aromatic carbocycles. The van der Waals surface area contributed by atoms with Crippen LogP contribution >= 0.6 is 0 Å². The van der Waals surface area contributed by atoms with Gasteiger partial charge in [-0.15, -0.1) is 0 Å². The van der Waals surface area contributed by atoms with E-state index in [9.17, 15) is 14.7 Å². The van der Waals surface area contributed by atoms with Crippen LogP contribution in [-0.2, 0) is 22.4 Å². The van der Waals surface area contributed by atoms with Crippen molar-refractivity contribution in [2.24, 2.45) is 0 Å². The Kier molecular flexibility index (Phi) is 2.40. The molecule has 0 spiro atoms. The van der Waals surface area contributed by atoms with Gasteiger partial charge in [-0.2, -0.15) is 0 Å². The Hall–Kier alpha value is -1.84. The van der Waals surface area contributed by atoms with Gasteiger partial charge in [0.1, 0.15) is 5.54 Å². The molecule has 1 saturated heterocycles. The molecular formula is C14H15NO3. The number of benzene rings is 1. The largest absolute Gasteiger partial charge is 0.479 e. The number of carboxylic acids is 1. The van der Waals surface area contributed by atoms with Gasteiger partial charge in [-0.05, 0) is 17.5 Å². The van der Waals surface area contributed by atoms with Crippen LogP contribution in [0.25, 0.3) is 0 Å². The summed E-state index contributed by atoms with van der Waals surface area (Å²) in [5.74, 6) is -0.904. The highest BCUT2D eigenvalue weighted by molar-refractivity contribution is 5.89. The van der Waals surface area contributed by atoms with Crippen molar-refractivity contribution in [1.82, 2.24) is 4.90 Å². The molecule has 1 N–H and O–H groups in total. The summed E-state index contributed by atoms with van der Waals surface area (Å²) in [6.07, 6.45) is 2.12. The minimum Gasteiger partial charge on any atom is -0.479 e. The van der Waals surface area contributed by atoms with Crippen LogP contribution in [-0.4, -0.2) is 34.0 Å². The Morgan fingerprint density at radius 3 is 2.28 bits per heavy atom. The van der Waals surface area contributed by atoms with Crippen molar-refractivity contribution >= 4 is 11.9 Å². The first-order valence-electron chi connectivity index (χ1n) is 6.24. The summed E-state index contributed by atoms with van der Waals surface area (Å²) in [5, 5.41) is 9.62. The van der Waals surface area contributed by atoms with E-state index in [1.165, 1.54) is 0 Å². The molecule has 0 saturated carbocycles. The summed E-state index contributed by atoms with van der Waals surface area (Å²) in [5.41, 5.74) is 1.07. The van der Waals surface area contributed by atoms with Crippen LogP contribution < -0.4 is 0 Å². The molecule has 0 unspecified atom stereocenters. The molecule has 1 amide bonds. The number of fused-ring (bicyclic) bond motifs is 1. The number of carboxylic acid groups (broad SMARTS) is 1. The highest BCUT2D eigenvalue weighted by Gasteiger charge is 2.51. The van der Waals surface area contributed by atoms with E-state index in [1.54, 1.807) is 4.90 Å². The second-order valence-corrected chi connectivity index (χ2v) is 5.11. The van der Waals surface area contributed by atoms with Crippen molar-refractivity contribution in [3.8, 4) is 0 Å². The van der Waals surface area contributed by atoms with Gasteiger partial charge < -0.3 is 10.0 Å². The van der Waals surface area contributed by atoms with E-state index in [4.69, 9.17) is 0 Å². The zero-order valence-corrected chi connectivity index (χ0v) is 10.1. The number of carbonyl (C=O) groups excluding carboxylic acids is 1. The molecule has 94 valence electrons. The smallest absolute Gasteiger partial charge is 0.330 e. The number of nitrogens with zero attached hydrogens (tertiary/aromatic N) is 1. The van der Waals surface area contributed by atoms with Crippen molar-refractivity contribution in [2.75, 3.05) is 6.54 Å². The van der Waals surface area contributed by atoms with Gasteiger partial charge in [0.15, 0.2) is 0 Å². The Morgan fingerprint density at radius 2 is 1.83 bits per heavy atom. The summed E-state index contributed by atoms with van der Waals surface area (Å²) in [7, 11) is 0. The van der Waals surface area contributed by atoms with Crippen LogP contribution in [0.5, 0.6) is 0 Å². The lowest BCUT2D eigenvalue weighted by atomic mass is 9.93. The van der Waals surface area contributed by atoms with Crippen LogP contribution in [0.2, 0.25) is 0 Å². The summed E-state index contributed by atoms with van der Waals surface area (Å²) < 4.78 is 0. The fourth-order valence-corrected chi connectivity index (χ4v) is 3.15. The maximum absolute atomic E-state index is 11.9. The monoisotopic (exact) mass is 245 g/mol. The average molecular weight is 245 g/mol. The summed E-state index contributed by atoms with van der Waals surface area (Å²) in [6, 6.07) is 7.76. The maximum Gasteiger partial charge on any atom is 0.330 e. The molecule has 0 bridgehead atoms. The van der Waals surface area contributed by atoms with E-state index in [1.807, 2.05) is 24.3 Å². The van der Waals surface area contributed by atoms with Crippen molar-refractivity contribution in [1.29, 1.82) is 0 Å². The molecule has 1 aliphatic heterocycles. The van der Waals surface area contributed by atoms with Gasteiger partial charge in [-0.1, -0.05) is 24.3 Å². The highest BCUT2D eigenvalue weighted by atomic mass is 16.4. The summed E-state index contributed by atoms with van der Waals surface area (Å²) >= 11 is 0. The van der Waals surface area contributed by atoms with E-state index < -0.39 is 11.5 Å². The lowest BCUT2D eigenvalue weighted by Crippen LogP contribution is -2.56. The van der Waals surface area contributed by atoms with Gasteiger partial charge in [-0.3, -0.25) is 4.79 Å². The van der Waals surface area contributed by atoms with E-state index in [-0.39, 0.29) is 5.91 Å². The van der Waals surface area contributed by atoms with Crippen molar-refractivity contribution in [3.63, 3.8) is 0 Å². The Balaban J connectivity index is 2.01. The van der Waals surface area contributed by atoms with E-state index >= 15 is 0 Å². The predicted molar refractivity (Wildman–Crippen MR) is 65.2 cm³/mol. The van der Waals surface area contributed by atoms with E-state index in [2.05, 4.69) is 0 Å². The Labute approximate surface area is 105 Å². The zero-order valence-electron chi connectivity index (χ0n) is 10.1. The first-order valence-corrected chi connectivity index (χ1v) is 6.24. The van der Waals surface area contributed by atoms with Crippen LogP contribution in [0.4, 0.5) is 0 Å². The number of hydrogen-bond donors (Lipinski definition) is 1. The molecule has 1 aliphatic carbocycles. The second-order valence-electron chi connectivity index (χ2n) is 5.11. The van der Waals surface area contributed by atoms with E-state index in [0.29, 0.717) is 25.8 Å². The Bertz CT molecular complexity index is 499. The second kappa shape index (κ2) is 3.83. The van der Waals surface area contributed by atoms with Crippen molar-refractivity contribution in [2.45, 2.75) is 31.2 Å². The quantitative estimate of drug-likeness (QED) is 0.852. The van der Waals surface area contributed by atoms with Gasteiger partial charge in [-0.25, -0.2) is 4.79 Å². The van der Waals surface area contributed by atoms with Gasteiger partial charge in [0.2, 0.25) is 5.91 Å². The van der Waals surface area contributed by atoms with Crippen LogP contribution in [0.15, 0.2) is 24.3 Å². The Morgan fingerprint density at radius 1 is 1.22 bits per heavy atom. The van der Waals surface area contributed by atoms with Gasteiger partial charge >= 0.3 is 5.97 Å². The first-order chi connectivity index (χ1) is 8.63. The van der Waals surface area contributed by atoms with Crippen LogP contribution in [0, 0.1) is 0 Å². The zero-order chi connectivity index (χ0) is 12.8. The number of carbonyl (C=O) groups is 2. The molecule has 18 heavy (non-hydrogen) atoms. The molecular weight excluding hydrogens is 230 g/mol. The summed E-state index contributed by atoms with van der Waals surface area (Å²) in [4.78, 5) is 25.2. The van der Waals surface area contributed by atoms with Gasteiger partial charge in [0.05, 0.1) is 0 Å². The molecule has 1 heterocycles. The molecule has 1 aromatic rings. The van der Waals surface area contributed by atoms with Crippen molar-refractivity contribution in [3.05, 3.63) is 35.4 Å². The fraction of sp³-hybridized carbons (Fsp3) is 0.429. The fourth-order valence-electron chi connectivity index (χ4n) is 3.15. The van der Waals surface area contributed by atoms with E-state index in [0.717, 1.165) is 17.5 Å². The van der Waals surface area contributed by atoms with Crippen molar-refractivity contribution < 1.29 is 14.7 Å². The minimum absolute atomic E-state index is 0.0230. The number of likely N-dealkylation sites (tertiary alicyclic amines) is 1. The highest BCUT2D eigenvalue weighted by Crippen LogP contribution is 2.37. The van der Waals surface area contributed by atoms with Gasteiger partial charge in [0, 0.05) is 25.8 Å². The molecule has 0 radical (unpaired) electrons. The molecule has 3 rings (SSSR count). The third-order valence-electron chi connectivity index (χ3n) is 4.07. The third-order valence-corrected chi connectivity index (χ3v) is 4.07. The molecule has 1 fully saturated rings. The maximum atomic E-state index is 11.9. The average Bonchev–Trinajstić information content (AvgIpc) is 2.92. The third kappa shape index (κ3) is 1.45. The first kappa shape index (κ1) is 11.3. The molecule has 0 atom stereocenters. The number of rotatable bonds is 2. The number of aliphatic carboxylic acids is 1. The number of hydrogen-bond acceptors (Lipinski definition) is 2. The topological polar surface area (TPSA) is 57.6 Å². The normalized spacial score (nSPS) is 21.1. The SMILES string of the molecule is O=C1CCCN1C1(C(=O)O)Cc2ccccc2C1. The molecule has 4 nitrogen and oxygen atoms in total. The van der Waals surface area contributed by atoms with Gasteiger partial charge in [0.25, 0.3) is 0 Å². The lowest BCUT2D eigenvalue weighted by molar-refractivity contribution is -0.156. The molecule has 4 heteroatoms. The minimum atomic E-state index is -1.04. The van der Waals surface area contributed by atoms with Crippen LogP contribution in [0.3, 0.4) is 0 Å². The number of amides is 1. The molecule has 2 aliphatic rings. The molecule has 0 aromatic heterocycles. The van der Waals surface area contributed by atoms with Crippen LogP contribution in [0.1, 0.15) is 24.0 Å². The lowest BCUT2D eigenvalue weighted by Gasteiger charge is -2.34. The summed E-state index contributed by atoms with van der Waals surface area (Å²) in [6.45, 7) is 0.569. The standard InChI is InChI=1S/C14H15NO3/c16-12-6-3-7-15(12)14(13(17)18)8-10-4-1-2-5-11(10)9-14/h1-2,4-5H,3,6-9H2,(H,17,18).